The third-order valence-electron chi connectivity index (χ3n) is 5.46. The van der Waals surface area contributed by atoms with Crippen molar-refractivity contribution in [2.75, 3.05) is 26.7 Å². The SMILES string of the molecule is CN(Cc1ccccc1)C(=O)NCCC(=O)N1CCC(C(=O)NCc2ccco2)CC1. The predicted octanol–water partition coefficient (Wildman–Crippen LogP) is 2.37. The maximum absolute atomic E-state index is 12.4. The number of urea groups is 1. The number of piperidine rings is 1. The molecule has 2 aromatic rings. The van der Waals surface area contributed by atoms with Gasteiger partial charge in [-0.05, 0) is 30.5 Å². The maximum atomic E-state index is 12.4. The molecule has 1 saturated heterocycles. The summed E-state index contributed by atoms with van der Waals surface area (Å²) in [6.07, 6.45) is 3.11. The van der Waals surface area contributed by atoms with Gasteiger partial charge in [0.25, 0.3) is 0 Å². The Morgan fingerprint density at radius 1 is 1.06 bits per heavy atom. The summed E-state index contributed by atoms with van der Waals surface area (Å²) in [5.74, 6) is 0.625. The van der Waals surface area contributed by atoms with Crippen LogP contribution in [0.2, 0.25) is 0 Å². The lowest BCUT2D eigenvalue weighted by atomic mass is 9.95. The van der Waals surface area contributed by atoms with E-state index < -0.39 is 0 Å². The van der Waals surface area contributed by atoms with Crippen LogP contribution < -0.4 is 10.6 Å². The zero-order chi connectivity index (χ0) is 22.1. The number of furan rings is 1. The van der Waals surface area contributed by atoms with E-state index in [1.54, 1.807) is 29.2 Å². The van der Waals surface area contributed by atoms with Gasteiger partial charge in [-0.25, -0.2) is 4.79 Å². The van der Waals surface area contributed by atoms with Crippen molar-refractivity contribution in [1.82, 2.24) is 20.4 Å². The van der Waals surface area contributed by atoms with E-state index in [-0.39, 0.29) is 30.2 Å². The summed E-state index contributed by atoms with van der Waals surface area (Å²) in [4.78, 5) is 40.3. The minimum Gasteiger partial charge on any atom is -0.467 e. The minimum atomic E-state index is -0.205. The molecule has 2 N–H and O–H groups in total. The number of hydrogen-bond donors (Lipinski definition) is 2. The molecule has 0 aliphatic carbocycles. The van der Waals surface area contributed by atoms with E-state index in [2.05, 4.69) is 10.6 Å². The molecule has 3 rings (SSSR count). The third kappa shape index (κ3) is 6.87. The summed E-state index contributed by atoms with van der Waals surface area (Å²) in [6, 6.07) is 13.1. The van der Waals surface area contributed by atoms with Gasteiger partial charge in [0, 0.05) is 45.6 Å². The van der Waals surface area contributed by atoms with Gasteiger partial charge in [0.2, 0.25) is 11.8 Å². The molecule has 1 aliphatic heterocycles. The average molecular weight is 427 g/mol. The number of carbonyl (C=O) groups is 3. The molecule has 1 fully saturated rings. The fourth-order valence-electron chi connectivity index (χ4n) is 3.62. The van der Waals surface area contributed by atoms with Crippen LogP contribution >= 0.6 is 0 Å². The van der Waals surface area contributed by atoms with Crippen molar-refractivity contribution in [3.63, 3.8) is 0 Å². The first-order valence-electron chi connectivity index (χ1n) is 10.6. The number of likely N-dealkylation sites (tertiary alicyclic amines) is 1. The number of nitrogens with one attached hydrogen (secondary N) is 2. The molecule has 0 bridgehead atoms. The highest BCUT2D eigenvalue weighted by atomic mass is 16.3. The summed E-state index contributed by atoms with van der Waals surface area (Å²) < 4.78 is 5.22. The lowest BCUT2D eigenvalue weighted by Crippen LogP contribution is -2.44. The molecule has 2 heterocycles. The molecule has 31 heavy (non-hydrogen) atoms. The topological polar surface area (TPSA) is 94.9 Å². The molecule has 1 aromatic heterocycles. The van der Waals surface area contributed by atoms with Gasteiger partial charge in [-0.15, -0.1) is 0 Å². The van der Waals surface area contributed by atoms with Crippen LogP contribution in [0.3, 0.4) is 0 Å². The van der Waals surface area contributed by atoms with Gasteiger partial charge in [-0.2, -0.15) is 0 Å². The van der Waals surface area contributed by atoms with Crippen LogP contribution in [0, 0.1) is 5.92 Å². The van der Waals surface area contributed by atoms with E-state index in [9.17, 15) is 14.4 Å². The van der Waals surface area contributed by atoms with Crippen LogP contribution in [0.25, 0.3) is 0 Å². The number of carbonyl (C=O) groups excluding carboxylic acids is 3. The molecule has 0 spiro atoms. The van der Waals surface area contributed by atoms with Crippen LogP contribution in [-0.2, 0) is 22.7 Å². The Labute approximate surface area is 182 Å². The smallest absolute Gasteiger partial charge is 0.317 e. The monoisotopic (exact) mass is 426 g/mol. The summed E-state index contributed by atoms with van der Waals surface area (Å²) in [7, 11) is 1.73. The van der Waals surface area contributed by atoms with Crippen molar-refractivity contribution in [2.45, 2.75) is 32.4 Å². The van der Waals surface area contributed by atoms with Gasteiger partial charge in [-0.3, -0.25) is 9.59 Å². The standard InChI is InChI=1S/C23H30N4O4/c1-26(17-18-6-3-2-4-7-18)23(30)24-12-9-21(28)27-13-10-19(11-14-27)22(29)25-16-20-8-5-15-31-20/h2-8,15,19H,9-14,16-17H2,1H3,(H,24,30)(H,25,29). The molecule has 4 amide bonds. The van der Waals surface area contributed by atoms with Gasteiger partial charge in [0.15, 0.2) is 0 Å². The zero-order valence-corrected chi connectivity index (χ0v) is 17.9. The second kappa shape index (κ2) is 11.2. The summed E-state index contributed by atoms with van der Waals surface area (Å²) in [5.41, 5.74) is 1.05. The van der Waals surface area contributed by atoms with Crippen LogP contribution in [0.1, 0.15) is 30.6 Å². The van der Waals surface area contributed by atoms with Crippen LogP contribution in [0.5, 0.6) is 0 Å². The van der Waals surface area contributed by atoms with Gasteiger partial charge in [0.05, 0.1) is 12.8 Å². The molecule has 8 nitrogen and oxygen atoms in total. The van der Waals surface area contributed by atoms with Gasteiger partial charge in [-0.1, -0.05) is 30.3 Å². The first kappa shape index (κ1) is 22.4. The quantitative estimate of drug-likeness (QED) is 0.678. The average Bonchev–Trinajstić information content (AvgIpc) is 3.32. The molecule has 0 atom stereocenters. The second-order valence-corrected chi connectivity index (χ2v) is 7.78. The highest BCUT2D eigenvalue weighted by Crippen LogP contribution is 2.18. The molecule has 8 heteroatoms. The number of rotatable bonds is 8. The van der Waals surface area contributed by atoms with E-state index in [4.69, 9.17) is 4.42 Å². The van der Waals surface area contributed by atoms with E-state index >= 15 is 0 Å². The van der Waals surface area contributed by atoms with Crippen LogP contribution in [-0.4, -0.2) is 54.3 Å². The number of benzene rings is 1. The molecule has 0 saturated carbocycles. The third-order valence-corrected chi connectivity index (χ3v) is 5.46. The Morgan fingerprint density at radius 3 is 2.48 bits per heavy atom. The fraction of sp³-hybridized carbons (Fsp3) is 0.435. The first-order chi connectivity index (χ1) is 15.0. The van der Waals surface area contributed by atoms with E-state index in [0.29, 0.717) is 45.6 Å². The minimum absolute atomic E-state index is 0.000422. The van der Waals surface area contributed by atoms with Crippen LogP contribution in [0.15, 0.2) is 53.1 Å². The predicted molar refractivity (Wildman–Crippen MR) is 116 cm³/mol. The van der Waals surface area contributed by atoms with Crippen molar-refractivity contribution >= 4 is 17.8 Å². The lowest BCUT2D eigenvalue weighted by molar-refractivity contribution is -0.135. The Kier molecular flexibility index (Phi) is 8.09. The molecule has 1 aliphatic rings. The molecule has 0 unspecified atom stereocenters. The lowest BCUT2D eigenvalue weighted by Gasteiger charge is -2.31. The van der Waals surface area contributed by atoms with Crippen molar-refractivity contribution in [1.29, 1.82) is 0 Å². The van der Waals surface area contributed by atoms with E-state index in [0.717, 1.165) is 11.3 Å². The zero-order valence-electron chi connectivity index (χ0n) is 17.9. The molecule has 166 valence electrons. The molecule has 0 radical (unpaired) electrons. The number of nitrogens with zero attached hydrogens (tertiary/aromatic N) is 2. The largest absolute Gasteiger partial charge is 0.467 e. The molecular formula is C23H30N4O4. The Hall–Kier alpha value is -3.29. The summed E-state index contributed by atoms with van der Waals surface area (Å²) in [5, 5.41) is 5.68. The van der Waals surface area contributed by atoms with Crippen molar-refractivity contribution in [3.8, 4) is 0 Å². The Bertz CT molecular complexity index is 846. The van der Waals surface area contributed by atoms with Crippen molar-refractivity contribution in [3.05, 3.63) is 60.1 Å². The Balaban J connectivity index is 1.31. The molecule has 1 aromatic carbocycles. The maximum Gasteiger partial charge on any atom is 0.317 e. The van der Waals surface area contributed by atoms with Gasteiger partial charge >= 0.3 is 6.03 Å². The first-order valence-corrected chi connectivity index (χ1v) is 10.6. The van der Waals surface area contributed by atoms with Crippen molar-refractivity contribution in [2.24, 2.45) is 5.92 Å². The molecular weight excluding hydrogens is 396 g/mol. The summed E-state index contributed by atoms with van der Waals surface area (Å²) >= 11 is 0. The van der Waals surface area contributed by atoms with Crippen LogP contribution in [0.4, 0.5) is 4.79 Å². The highest BCUT2D eigenvalue weighted by Gasteiger charge is 2.27. The number of hydrogen-bond acceptors (Lipinski definition) is 4. The van der Waals surface area contributed by atoms with Crippen molar-refractivity contribution < 1.29 is 18.8 Å². The second-order valence-electron chi connectivity index (χ2n) is 7.78. The fourth-order valence-corrected chi connectivity index (χ4v) is 3.62. The Morgan fingerprint density at radius 2 is 1.81 bits per heavy atom. The number of amides is 4. The summed E-state index contributed by atoms with van der Waals surface area (Å²) in [6.45, 7) is 2.29. The normalized spacial score (nSPS) is 14.2. The van der Waals surface area contributed by atoms with Gasteiger partial charge < -0.3 is 24.9 Å². The highest BCUT2D eigenvalue weighted by molar-refractivity contribution is 5.80. The van der Waals surface area contributed by atoms with E-state index in [1.807, 2.05) is 36.4 Å². The van der Waals surface area contributed by atoms with E-state index in [1.165, 1.54) is 0 Å². The van der Waals surface area contributed by atoms with Gasteiger partial charge in [0.1, 0.15) is 5.76 Å².